The SMILES string of the molecule is Cn1cc(CNS(=O)(=O)CCC(=O)O)cn1. The van der Waals surface area contributed by atoms with Gasteiger partial charge in [-0.15, -0.1) is 0 Å². The average molecular weight is 247 g/mol. The normalized spacial score (nSPS) is 11.6. The van der Waals surface area contributed by atoms with Crippen LogP contribution < -0.4 is 4.72 Å². The van der Waals surface area contributed by atoms with Crippen molar-refractivity contribution >= 4 is 16.0 Å². The lowest BCUT2D eigenvalue weighted by molar-refractivity contribution is -0.136. The predicted octanol–water partition coefficient (Wildman–Crippen LogP) is -0.686. The molecule has 2 N–H and O–H groups in total. The number of nitrogens with one attached hydrogen (secondary N) is 1. The maximum Gasteiger partial charge on any atom is 0.304 e. The van der Waals surface area contributed by atoms with E-state index in [1.54, 1.807) is 24.1 Å². The van der Waals surface area contributed by atoms with Crippen molar-refractivity contribution in [3.8, 4) is 0 Å². The zero-order valence-electron chi connectivity index (χ0n) is 8.75. The smallest absolute Gasteiger partial charge is 0.304 e. The van der Waals surface area contributed by atoms with Crippen LogP contribution in [-0.4, -0.2) is 35.0 Å². The Kier molecular flexibility index (Phi) is 4.02. The van der Waals surface area contributed by atoms with Crippen molar-refractivity contribution in [3.05, 3.63) is 18.0 Å². The molecule has 1 aromatic heterocycles. The summed E-state index contributed by atoms with van der Waals surface area (Å²) in [7, 11) is -1.81. The number of nitrogens with zero attached hydrogens (tertiary/aromatic N) is 2. The number of rotatable bonds is 6. The molecule has 0 aliphatic carbocycles. The number of aromatic nitrogens is 2. The van der Waals surface area contributed by atoms with Crippen LogP contribution in [0.3, 0.4) is 0 Å². The lowest BCUT2D eigenvalue weighted by atomic mass is 10.4. The first-order valence-corrected chi connectivity index (χ1v) is 6.21. The fraction of sp³-hybridized carbons (Fsp3) is 0.500. The summed E-state index contributed by atoms with van der Waals surface area (Å²) < 4.78 is 26.5. The van der Waals surface area contributed by atoms with E-state index in [9.17, 15) is 13.2 Å². The first-order chi connectivity index (χ1) is 7.39. The van der Waals surface area contributed by atoms with Crippen molar-refractivity contribution in [2.75, 3.05) is 5.75 Å². The average Bonchev–Trinajstić information content (AvgIpc) is 2.59. The van der Waals surface area contributed by atoms with Gasteiger partial charge in [-0.3, -0.25) is 9.48 Å². The van der Waals surface area contributed by atoms with Crippen molar-refractivity contribution < 1.29 is 18.3 Å². The summed E-state index contributed by atoms with van der Waals surface area (Å²) in [6, 6.07) is 0. The molecule has 0 unspecified atom stereocenters. The van der Waals surface area contributed by atoms with Crippen LogP contribution in [0.2, 0.25) is 0 Å². The molecule has 0 fully saturated rings. The Bertz CT molecular complexity index is 465. The van der Waals surface area contributed by atoms with Crippen LogP contribution in [0.4, 0.5) is 0 Å². The van der Waals surface area contributed by atoms with E-state index in [1.807, 2.05) is 0 Å². The Hall–Kier alpha value is -1.41. The van der Waals surface area contributed by atoms with Crippen LogP contribution >= 0.6 is 0 Å². The summed E-state index contributed by atoms with van der Waals surface area (Å²) in [6.07, 6.45) is 2.82. The third kappa shape index (κ3) is 4.41. The van der Waals surface area contributed by atoms with Gasteiger partial charge in [-0.05, 0) is 0 Å². The van der Waals surface area contributed by atoms with E-state index >= 15 is 0 Å². The fourth-order valence-corrected chi connectivity index (χ4v) is 2.02. The molecule has 7 nitrogen and oxygen atoms in total. The number of sulfonamides is 1. The molecule has 0 aliphatic rings. The number of carbonyl (C=O) groups is 1. The third-order valence-electron chi connectivity index (χ3n) is 1.84. The molecule has 0 spiro atoms. The highest BCUT2D eigenvalue weighted by molar-refractivity contribution is 7.89. The van der Waals surface area contributed by atoms with Gasteiger partial charge in [0.05, 0.1) is 18.4 Å². The largest absolute Gasteiger partial charge is 0.481 e. The molecule has 1 aromatic rings. The van der Waals surface area contributed by atoms with Crippen molar-refractivity contribution in [1.82, 2.24) is 14.5 Å². The second-order valence-electron chi connectivity index (χ2n) is 3.31. The first kappa shape index (κ1) is 12.7. The van der Waals surface area contributed by atoms with Gasteiger partial charge in [-0.25, -0.2) is 13.1 Å². The number of hydrogen-bond acceptors (Lipinski definition) is 4. The minimum absolute atomic E-state index is 0.121. The monoisotopic (exact) mass is 247 g/mol. The van der Waals surface area contributed by atoms with Gasteiger partial charge in [0, 0.05) is 25.4 Å². The Labute approximate surface area is 93.1 Å². The fourth-order valence-electron chi connectivity index (χ4n) is 1.05. The molecular formula is C8H13N3O4S. The second kappa shape index (κ2) is 5.08. The highest BCUT2D eigenvalue weighted by Gasteiger charge is 2.12. The third-order valence-corrected chi connectivity index (χ3v) is 3.16. The van der Waals surface area contributed by atoms with E-state index in [1.165, 1.54) is 0 Å². The predicted molar refractivity (Wildman–Crippen MR) is 56.1 cm³/mol. The summed E-state index contributed by atoms with van der Waals surface area (Å²) in [5.41, 5.74) is 0.724. The molecule has 1 heterocycles. The summed E-state index contributed by atoms with van der Waals surface area (Å²) in [5, 5.41) is 12.2. The first-order valence-electron chi connectivity index (χ1n) is 4.56. The van der Waals surface area contributed by atoms with E-state index in [2.05, 4.69) is 9.82 Å². The van der Waals surface area contributed by atoms with E-state index in [0.717, 1.165) is 5.56 Å². The number of aryl methyl sites for hydroxylation is 1. The summed E-state index contributed by atoms with van der Waals surface area (Å²) in [4.78, 5) is 10.2. The maximum atomic E-state index is 11.3. The van der Waals surface area contributed by atoms with Crippen molar-refractivity contribution in [2.45, 2.75) is 13.0 Å². The molecule has 0 radical (unpaired) electrons. The molecule has 16 heavy (non-hydrogen) atoms. The van der Waals surface area contributed by atoms with Gasteiger partial charge in [0.2, 0.25) is 10.0 Å². The van der Waals surface area contributed by atoms with Crippen molar-refractivity contribution in [2.24, 2.45) is 7.05 Å². The molecular weight excluding hydrogens is 234 g/mol. The lowest BCUT2D eigenvalue weighted by Gasteiger charge is -2.03. The van der Waals surface area contributed by atoms with Crippen LogP contribution in [0.5, 0.6) is 0 Å². The summed E-state index contributed by atoms with van der Waals surface area (Å²) in [5.74, 6) is -1.55. The molecule has 0 atom stereocenters. The van der Waals surface area contributed by atoms with Crippen LogP contribution in [0.1, 0.15) is 12.0 Å². The maximum absolute atomic E-state index is 11.3. The van der Waals surface area contributed by atoms with Gasteiger partial charge in [0.1, 0.15) is 0 Å². The minimum Gasteiger partial charge on any atom is -0.481 e. The van der Waals surface area contributed by atoms with Crippen molar-refractivity contribution in [1.29, 1.82) is 0 Å². The molecule has 1 rings (SSSR count). The van der Waals surface area contributed by atoms with E-state index in [0.29, 0.717) is 0 Å². The van der Waals surface area contributed by atoms with Crippen LogP contribution in [0.15, 0.2) is 12.4 Å². The molecule has 0 aliphatic heterocycles. The molecule has 8 heteroatoms. The summed E-state index contributed by atoms with van der Waals surface area (Å²) in [6.45, 7) is 0.121. The van der Waals surface area contributed by atoms with Gasteiger partial charge in [0.25, 0.3) is 0 Å². The Morgan fingerprint density at radius 3 is 2.81 bits per heavy atom. The number of carboxylic acid groups (broad SMARTS) is 1. The zero-order valence-corrected chi connectivity index (χ0v) is 9.57. The van der Waals surface area contributed by atoms with Gasteiger partial charge in [-0.1, -0.05) is 0 Å². The standard InChI is InChI=1S/C8H13N3O4S/c1-11-6-7(4-9-11)5-10-16(14,15)3-2-8(12)13/h4,6,10H,2-3,5H2,1H3,(H,12,13). The topological polar surface area (TPSA) is 101 Å². The van der Waals surface area contributed by atoms with Gasteiger partial charge in [-0.2, -0.15) is 5.10 Å². The zero-order chi connectivity index (χ0) is 12.2. The van der Waals surface area contributed by atoms with E-state index < -0.39 is 28.2 Å². The molecule has 90 valence electrons. The summed E-state index contributed by atoms with van der Waals surface area (Å²) >= 11 is 0. The van der Waals surface area contributed by atoms with Gasteiger partial charge >= 0.3 is 5.97 Å². The quantitative estimate of drug-likeness (QED) is 0.693. The highest BCUT2D eigenvalue weighted by atomic mass is 32.2. The molecule has 0 amide bonds. The molecule has 0 saturated carbocycles. The number of aliphatic carboxylic acids is 1. The Morgan fingerprint density at radius 1 is 1.62 bits per heavy atom. The lowest BCUT2D eigenvalue weighted by Crippen LogP contribution is -2.26. The Morgan fingerprint density at radius 2 is 2.31 bits per heavy atom. The second-order valence-corrected chi connectivity index (χ2v) is 5.23. The van der Waals surface area contributed by atoms with Gasteiger partial charge in [0.15, 0.2) is 0 Å². The molecule has 0 aromatic carbocycles. The van der Waals surface area contributed by atoms with Gasteiger partial charge < -0.3 is 5.11 Å². The number of hydrogen-bond donors (Lipinski definition) is 2. The van der Waals surface area contributed by atoms with Crippen LogP contribution in [-0.2, 0) is 28.4 Å². The van der Waals surface area contributed by atoms with E-state index in [-0.39, 0.29) is 6.54 Å². The van der Waals surface area contributed by atoms with Crippen molar-refractivity contribution in [3.63, 3.8) is 0 Å². The highest BCUT2D eigenvalue weighted by Crippen LogP contribution is 1.98. The Balaban J connectivity index is 2.45. The van der Waals surface area contributed by atoms with E-state index in [4.69, 9.17) is 5.11 Å². The van der Waals surface area contributed by atoms with Crippen LogP contribution in [0.25, 0.3) is 0 Å². The van der Waals surface area contributed by atoms with Crippen LogP contribution in [0, 0.1) is 0 Å². The number of carboxylic acids is 1. The molecule has 0 bridgehead atoms. The molecule has 0 saturated heterocycles. The minimum atomic E-state index is -3.53.